The second-order valence-corrected chi connectivity index (χ2v) is 10.9. The van der Waals surface area contributed by atoms with Crippen LogP contribution in [0, 0.1) is 23.2 Å². The second-order valence-electron chi connectivity index (χ2n) is 10.9. The molecule has 1 saturated heterocycles. The highest BCUT2D eigenvalue weighted by Crippen LogP contribution is 2.68. The van der Waals surface area contributed by atoms with Gasteiger partial charge in [0.15, 0.2) is 5.79 Å². The third-order valence-corrected chi connectivity index (χ3v) is 9.33. The first-order valence-corrected chi connectivity index (χ1v) is 12.8. The van der Waals surface area contributed by atoms with E-state index in [-0.39, 0.29) is 11.2 Å². The molecule has 0 N–H and O–H groups in total. The third kappa shape index (κ3) is 3.39. The van der Waals surface area contributed by atoms with Gasteiger partial charge in [-0.2, -0.15) is 0 Å². The molecule has 2 saturated carbocycles. The lowest BCUT2D eigenvalue weighted by molar-refractivity contribution is -0.237. The van der Waals surface area contributed by atoms with Crippen LogP contribution in [0.5, 0.6) is 5.75 Å². The Kier molecular flexibility index (Phi) is 5.38. The molecule has 6 rings (SSSR count). The average Bonchev–Trinajstić information content (AvgIpc) is 3.41. The van der Waals surface area contributed by atoms with Crippen LogP contribution in [-0.4, -0.2) is 19.0 Å². The molecule has 3 nitrogen and oxygen atoms in total. The van der Waals surface area contributed by atoms with E-state index in [9.17, 15) is 0 Å². The minimum Gasteiger partial charge on any atom is -0.489 e. The van der Waals surface area contributed by atoms with E-state index < -0.39 is 0 Å². The van der Waals surface area contributed by atoms with E-state index in [0.29, 0.717) is 30.3 Å². The number of hydrogen-bond donors (Lipinski definition) is 0. The van der Waals surface area contributed by atoms with Gasteiger partial charge >= 0.3 is 0 Å². The van der Waals surface area contributed by atoms with Crippen molar-refractivity contribution in [3.05, 3.63) is 77.9 Å². The summed E-state index contributed by atoms with van der Waals surface area (Å²) in [4.78, 5) is 0. The van der Waals surface area contributed by atoms with Crippen LogP contribution < -0.4 is 4.74 Å². The van der Waals surface area contributed by atoms with Crippen molar-refractivity contribution in [1.29, 1.82) is 0 Å². The number of aryl methyl sites for hydroxylation is 1. The SMILES string of the molecule is C=CCC1CC2(OCCO2)C2(C)CCC3c4ccc(OCc5ccccc5)cc4CCC3C12. The van der Waals surface area contributed by atoms with E-state index >= 15 is 0 Å². The fraction of sp³-hybridized carbons (Fsp3) is 0.533. The Labute approximate surface area is 198 Å². The molecule has 5 unspecified atom stereocenters. The topological polar surface area (TPSA) is 27.7 Å². The Bertz CT molecular complexity index is 1010. The van der Waals surface area contributed by atoms with Gasteiger partial charge in [0.2, 0.25) is 0 Å². The summed E-state index contributed by atoms with van der Waals surface area (Å²) >= 11 is 0. The predicted molar refractivity (Wildman–Crippen MR) is 130 cm³/mol. The number of allylic oxidation sites excluding steroid dienone is 1. The first kappa shape index (κ1) is 21.4. The van der Waals surface area contributed by atoms with Gasteiger partial charge in [0.25, 0.3) is 0 Å². The molecule has 5 atom stereocenters. The molecule has 0 aromatic heterocycles. The van der Waals surface area contributed by atoms with Crippen LogP contribution in [0.2, 0.25) is 0 Å². The number of benzene rings is 2. The van der Waals surface area contributed by atoms with Gasteiger partial charge in [0.05, 0.1) is 13.2 Å². The molecule has 1 heterocycles. The zero-order chi connectivity index (χ0) is 22.5. The van der Waals surface area contributed by atoms with E-state index in [1.54, 1.807) is 5.56 Å². The van der Waals surface area contributed by atoms with Crippen molar-refractivity contribution in [1.82, 2.24) is 0 Å². The van der Waals surface area contributed by atoms with E-state index in [1.807, 2.05) is 6.07 Å². The van der Waals surface area contributed by atoms with E-state index in [1.165, 1.54) is 30.4 Å². The lowest BCUT2D eigenvalue weighted by Crippen LogP contribution is -2.51. The summed E-state index contributed by atoms with van der Waals surface area (Å²) in [5.41, 5.74) is 4.37. The molecule has 0 radical (unpaired) electrons. The fourth-order valence-corrected chi connectivity index (χ4v) is 8.00. The van der Waals surface area contributed by atoms with Crippen molar-refractivity contribution in [3.8, 4) is 5.75 Å². The van der Waals surface area contributed by atoms with Crippen LogP contribution in [0.3, 0.4) is 0 Å². The lowest BCUT2D eigenvalue weighted by Gasteiger charge is -2.53. The number of fused-ring (bicyclic) bond motifs is 6. The van der Waals surface area contributed by atoms with Gasteiger partial charge in [-0.1, -0.05) is 49.4 Å². The van der Waals surface area contributed by atoms with Gasteiger partial charge < -0.3 is 14.2 Å². The Morgan fingerprint density at radius 3 is 2.70 bits per heavy atom. The first-order valence-electron chi connectivity index (χ1n) is 12.8. The largest absolute Gasteiger partial charge is 0.489 e. The van der Waals surface area contributed by atoms with Crippen LogP contribution >= 0.6 is 0 Å². The normalized spacial score (nSPS) is 33.8. The molecule has 3 aliphatic carbocycles. The second kappa shape index (κ2) is 8.29. The number of hydrogen-bond acceptors (Lipinski definition) is 3. The number of ether oxygens (including phenoxy) is 3. The van der Waals surface area contributed by atoms with Crippen LogP contribution in [0.25, 0.3) is 0 Å². The summed E-state index contributed by atoms with van der Waals surface area (Å²) in [5, 5.41) is 0. The maximum Gasteiger partial charge on any atom is 0.174 e. The van der Waals surface area contributed by atoms with Crippen molar-refractivity contribution in [2.24, 2.45) is 23.2 Å². The van der Waals surface area contributed by atoms with Crippen molar-refractivity contribution in [2.75, 3.05) is 13.2 Å². The molecule has 3 heteroatoms. The molecule has 174 valence electrons. The van der Waals surface area contributed by atoms with Crippen molar-refractivity contribution >= 4 is 0 Å². The summed E-state index contributed by atoms with van der Waals surface area (Å²) in [6, 6.07) is 17.3. The van der Waals surface area contributed by atoms with Crippen LogP contribution in [-0.2, 0) is 22.5 Å². The van der Waals surface area contributed by atoms with Gasteiger partial charge in [-0.25, -0.2) is 0 Å². The molecule has 33 heavy (non-hydrogen) atoms. The average molecular weight is 445 g/mol. The molecule has 2 aromatic carbocycles. The van der Waals surface area contributed by atoms with E-state index in [4.69, 9.17) is 14.2 Å². The van der Waals surface area contributed by atoms with Gasteiger partial charge in [0.1, 0.15) is 12.4 Å². The molecule has 1 aliphatic heterocycles. The highest BCUT2D eigenvalue weighted by atomic mass is 16.7. The third-order valence-electron chi connectivity index (χ3n) is 9.33. The van der Waals surface area contributed by atoms with E-state index in [0.717, 1.165) is 38.2 Å². The Morgan fingerprint density at radius 2 is 1.91 bits per heavy atom. The quantitative estimate of drug-likeness (QED) is 0.482. The highest BCUT2D eigenvalue weighted by molar-refractivity contribution is 5.41. The maximum atomic E-state index is 6.41. The summed E-state index contributed by atoms with van der Waals surface area (Å²) < 4.78 is 19.0. The molecule has 2 aromatic rings. The molecule has 0 amide bonds. The number of rotatable bonds is 5. The summed E-state index contributed by atoms with van der Waals surface area (Å²) in [5.74, 6) is 3.20. The van der Waals surface area contributed by atoms with Gasteiger partial charge in [-0.15, -0.1) is 6.58 Å². The van der Waals surface area contributed by atoms with Gasteiger partial charge in [0, 0.05) is 11.8 Å². The Hall–Kier alpha value is -2.10. The van der Waals surface area contributed by atoms with Gasteiger partial charge in [-0.05, 0) is 84.6 Å². The zero-order valence-corrected chi connectivity index (χ0v) is 19.8. The fourth-order valence-electron chi connectivity index (χ4n) is 8.00. The highest BCUT2D eigenvalue weighted by Gasteiger charge is 2.68. The van der Waals surface area contributed by atoms with Crippen LogP contribution in [0.15, 0.2) is 61.2 Å². The Balaban J connectivity index is 1.26. The summed E-state index contributed by atoms with van der Waals surface area (Å²) in [6.45, 7) is 8.67. The maximum absolute atomic E-state index is 6.41. The molecular weight excluding hydrogens is 408 g/mol. The molecule has 4 aliphatic rings. The monoisotopic (exact) mass is 444 g/mol. The zero-order valence-electron chi connectivity index (χ0n) is 19.8. The van der Waals surface area contributed by atoms with Crippen molar-refractivity contribution in [3.63, 3.8) is 0 Å². The smallest absolute Gasteiger partial charge is 0.174 e. The summed E-state index contributed by atoms with van der Waals surface area (Å²) in [6.07, 6.45) is 9.02. The lowest BCUT2D eigenvalue weighted by atomic mass is 9.53. The van der Waals surface area contributed by atoms with Crippen molar-refractivity contribution < 1.29 is 14.2 Å². The molecule has 3 fully saturated rings. The first-order chi connectivity index (χ1) is 16.1. The minimum absolute atomic E-state index is 0.106. The molecule has 1 spiro atoms. The molecule has 0 bridgehead atoms. The predicted octanol–water partition coefficient (Wildman–Crippen LogP) is 6.67. The van der Waals surface area contributed by atoms with Crippen molar-refractivity contribution in [2.45, 2.75) is 63.8 Å². The molecular formula is C30H36O3. The van der Waals surface area contributed by atoms with Crippen LogP contribution in [0.4, 0.5) is 0 Å². The minimum atomic E-state index is -0.369. The van der Waals surface area contributed by atoms with Crippen LogP contribution in [0.1, 0.15) is 61.6 Å². The van der Waals surface area contributed by atoms with Gasteiger partial charge in [-0.3, -0.25) is 0 Å². The Morgan fingerprint density at radius 1 is 1.09 bits per heavy atom. The standard InChI is InChI=1S/C30H36O3/c1-3-7-23-19-30(32-16-17-33-30)29(2)15-14-26-25-13-11-24(31-20-21-8-5-4-6-9-21)18-22(25)10-12-27(26)28(23)29/h3-6,8-9,11,13,18,23,26-28H,1,7,10,12,14-17,19-20H2,2H3. The van der Waals surface area contributed by atoms with E-state index in [2.05, 4.69) is 62.0 Å². The summed E-state index contributed by atoms with van der Waals surface area (Å²) in [7, 11) is 0.